The zero-order valence-corrected chi connectivity index (χ0v) is 17.7. The van der Waals surface area contributed by atoms with Gasteiger partial charge < -0.3 is 10.1 Å². The topological polar surface area (TPSA) is 95.2 Å². The Bertz CT molecular complexity index is 1450. The number of amides is 1. The Morgan fingerprint density at radius 1 is 1.22 bits per heavy atom. The van der Waals surface area contributed by atoms with E-state index in [9.17, 15) is 18.8 Å². The number of aromatic nitrogens is 3. The number of benzene rings is 1. The van der Waals surface area contributed by atoms with Crippen molar-refractivity contribution in [1.29, 1.82) is 0 Å². The zero-order valence-electron chi connectivity index (χ0n) is 16.9. The molecule has 1 N–H and O–H groups in total. The van der Waals surface area contributed by atoms with Crippen LogP contribution in [0.15, 0.2) is 52.2 Å². The van der Waals surface area contributed by atoms with Gasteiger partial charge in [-0.05, 0) is 37.1 Å². The van der Waals surface area contributed by atoms with Crippen LogP contribution in [0.3, 0.4) is 0 Å². The Morgan fingerprint density at radius 3 is 2.84 bits per heavy atom. The lowest BCUT2D eigenvalue weighted by molar-refractivity contribution is -0.116. The predicted molar refractivity (Wildman–Crippen MR) is 120 cm³/mol. The number of hydrogen-bond acceptors (Lipinski definition) is 6. The van der Waals surface area contributed by atoms with Crippen LogP contribution in [0.4, 0.5) is 10.1 Å². The van der Waals surface area contributed by atoms with Crippen LogP contribution in [-0.2, 0) is 22.6 Å². The van der Waals surface area contributed by atoms with E-state index in [4.69, 9.17) is 4.74 Å². The van der Waals surface area contributed by atoms with Crippen molar-refractivity contribution in [3.8, 4) is 0 Å². The van der Waals surface area contributed by atoms with Gasteiger partial charge in [0.25, 0.3) is 5.56 Å². The van der Waals surface area contributed by atoms with E-state index in [0.29, 0.717) is 27.0 Å². The summed E-state index contributed by atoms with van der Waals surface area (Å²) in [5.74, 6) is -1.16. The van der Waals surface area contributed by atoms with Crippen molar-refractivity contribution in [2.24, 2.45) is 0 Å². The molecule has 4 heterocycles. The molecule has 1 fully saturated rings. The van der Waals surface area contributed by atoms with Crippen molar-refractivity contribution in [3.05, 3.63) is 69.3 Å². The number of pyridine rings is 1. The first kappa shape index (κ1) is 20.5. The summed E-state index contributed by atoms with van der Waals surface area (Å²) in [7, 11) is 0. The largest absolute Gasteiger partial charge is 0.376 e. The average molecular weight is 454 g/mol. The van der Waals surface area contributed by atoms with Gasteiger partial charge in [-0.3, -0.25) is 18.7 Å². The number of ether oxygens (including phenoxy) is 1. The summed E-state index contributed by atoms with van der Waals surface area (Å²) in [6.45, 7) is 0.327. The van der Waals surface area contributed by atoms with Gasteiger partial charge in [0.05, 0.1) is 23.9 Å². The van der Waals surface area contributed by atoms with Gasteiger partial charge >= 0.3 is 5.69 Å². The van der Waals surface area contributed by atoms with Crippen LogP contribution < -0.4 is 16.6 Å². The molecule has 1 aliphatic rings. The third-order valence-corrected chi connectivity index (χ3v) is 6.56. The van der Waals surface area contributed by atoms with Crippen molar-refractivity contribution in [2.45, 2.75) is 32.0 Å². The Balaban J connectivity index is 1.63. The zero-order chi connectivity index (χ0) is 22.2. The van der Waals surface area contributed by atoms with E-state index in [-0.39, 0.29) is 24.9 Å². The van der Waals surface area contributed by atoms with Gasteiger partial charge in [0, 0.05) is 18.2 Å². The molecule has 0 spiro atoms. The van der Waals surface area contributed by atoms with E-state index in [1.807, 2.05) is 0 Å². The second-order valence-corrected chi connectivity index (χ2v) is 8.58. The third-order valence-electron chi connectivity index (χ3n) is 5.47. The molecule has 8 nitrogen and oxygen atoms in total. The second-order valence-electron chi connectivity index (χ2n) is 7.58. The van der Waals surface area contributed by atoms with Gasteiger partial charge in [-0.2, -0.15) is 0 Å². The Kier molecular flexibility index (Phi) is 5.32. The highest BCUT2D eigenvalue weighted by molar-refractivity contribution is 7.25. The number of rotatable bonds is 5. The van der Waals surface area contributed by atoms with E-state index in [2.05, 4.69) is 10.3 Å². The number of nitrogens with zero attached hydrogens (tertiary/aromatic N) is 3. The number of thiophene rings is 1. The summed E-state index contributed by atoms with van der Waals surface area (Å²) in [5.41, 5.74) is -0.647. The minimum atomic E-state index is -0.606. The fourth-order valence-electron chi connectivity index (χ4n) is 3.98. The number of carbonyl (C=O) groups excluding carboxylic acids is 1. The number of fused-ring (bicyclic) bond motifs is 3. The number of carbonyl (C=O) groups is 1. The van der Waals surface area contributed by atoms with Gasteiger partial charge in [0.15, 0.2) is 0 Å². The van der Waals surface area contributed by atoms with Crippen molar-refractivity contribution < 1.29 is 13.9 Å². The molecule has 4 aromatic rings. The van der Waals surface area contributed by atoms with E-state index < -0.39 is 23.0 Å². The van der Waals surface area contributed by atoms with E-state index in [0.717, 1.165) is 17.4 Å². The summed E-state index contributed by atoms with van der Waals surface area (Å²) in [6, 6.07) is 9.26. The molecule has 3 aromatic heterocycles. The fraction of sp³-hybridized carbons (Fsp3) is 0.273. The Morgan fingerprint density at radius 2 is 2.06 bits per heavy atom. The maximum atomic E-state index is 14.0. The number of para-hydroxylation sites is 1. The summed E-state index contributed by atoms with van der Waals surface area (Å²) in [4.78, 5) is 44.3. The van der Waals surface area contributed by atoms with Crippen LogP contribution in [0, 0.1) is 5.82 Å². The van der Waals surface area contributed by atoms with Crippen LogP contribution in [0.25, 0.3) is 20.4 Å². The fourth-order valence-corrected chi connectivity index (χ4v) is 5.07. The average Bonchev–Trinajstić information content (AvgIpc) is 3.44. The van der Waals surface area contributed by atoms with Crippen molar-refractivity contribution in [3.63, 3.8) is 0 Å². The van der Waals surface area contributed by atoms with E-state index in [1.165, 1.54) is 34.1 Å². The molecule has 5 rings (SSSR count). The Labute approximate surface area is 184 Å². The molecule has 1 amide bonds. The molecule has 32 heavy (non-hydrogen) atoms. The summed E-state index contributed by atoms with van der Waals surface area (Å²) in [5, 5.41) is 3.12. The first-order valence-electron chi connectivity index (χ1n) is 10.2. The van der Waals surface area contributed by atoms with Gasteiger partial charge in [-0.15, -0.1) is 11.3 Å². The minimum absolute atomic E-state index is 0.0197. The second kappa shape index (κ2) is 8.29. The third kappa shape index (κ3) is 3.61. The van der Waals surface area contributed by atoms with Gasteiger partial charge in [-0.1, -0.05) is 12.1 Å². The molecule has 1 unspecified atom stereocenters. The first-order chi connectivity index (χ1) is 15.5. The quantitative estimate of drug-likeness (QED) is 0.500. The maximum absolute atomic E-state index is 14.0. The van der Waals surface area contributed by atoms with Crippen LogP contribution in [0.2, 0.25) is 0 Å². The first-order valence-corrected chi connectivity index (χ1v) is 11.0. The molecule has 0 saturated carbocycles. The molecule has 1 aliphatic heterocycles. The van der Waals surface area contributed by atoms with Crippen LogP contribution in [0.5, 0.6) is 0 Å². The normalized spacial score (nSPS) is 16.1. The van der Waals surface area contributed by atoms with Crippen molar-refractivity contribution in [2.75, 3.05) is 11.9 Å². The summed E-state index contributed by atoms with van der Waals surface area (Å²) < 4.78 is 22.3. The van der Waals surface area contributed by atoms with Crippen molar-refractivity contribution >= 4 is 43.4 Å². The van der Waals surface area contributed by atoms with Gasteiger partial charge in [0.1, 0.15) is 21.9 Å². The minimum Gasteiger partial charge on any atom is -0.376 e. The van der Waals surface area contributed by atoms with E-state index in [1.54, 1.807) is 24.4 Å². The summed E-state index contributed by atoms with van der Waals surface area (Å²) >= 11 is 1.18. The molecule has 0 aliphatic carbocycles. The number of halogens is 1. The lowest BCUT2D eigenvalue weighted by Gasteiger charge is -2.15. The molecule has 1 saturated heterocycles. The lowest BCUT2D eigenvalue weighted by Crippen LogP contribution is -2.43. The molecular formula is C22H19FN4O4S. The molecule has 0 bridgehead atoms. The van der Waals surface area contributed by atoms with Gasteiger partial charge in [0.2, 0.25) is 5.91 Å². The standard InChI is InChI=1S/C22H19FN4O4S/c23-15-7-1-2-8-16(15)25-17(28)12-26-18-14-6-3-9-24-20(14)32-19(18)21(29)27(22(26)30)11-13-5-4-10-31-13/h1-3,6-9,13H,4-5,10-12H2,(H,25,28). The van der Waals surface area contributed by atoms with Crippen molar-refractivity contribution in [1.82, 2.24) is 14.1 Å². The SMILES string of the molecule is O=C(Cn1c(=O)n(CC2CCCO2)c(=O)c2sc3ncccc3c21)Nc1ccccc1F. The monoisotopic (exact) mass is 454 g/mol. The highest BCUT2D eigenvalue weighted by Crippen LogP contribution is 2.29. The number of nitrogens with one attached hydrogen (secondary N) is 1. The van der Waals surface area contributed by atoms with Gasteiger partial charge in [-0.25, -0.2) is 14.2 Å². The van der Waals surface area contributed by atoms with Crippen LogP contribution in [-0.4, -0.2) is 32.7 Å². The molecular weight excluding hydrogens is 435 g/mol. The number of anilines is 1. The maximum Gasteiger partial charge on any atom is 0.332 e. The molecule has 164 valence electrons. The smallest absolute Gasteiger partial charge is 0.332 e. The number of hydrogen-bond donors (Lipinski definition) is 1. The molecule has 1 atom stereocenters. The molecule has 10 heteroatoms. The summed E-state index contributed by atoms with van der Waals surface area (Å²) in [6.07, 6.45) is 3.00. The van der Waals surface area contributed by atoms with E-state index >= 15 is 0 Å². The lowest BCUT2D eigenvalue weighted by atomic mass is 10.2. The molecule has 1 aromatic carbocycles. The van der Waals surface area contributed by atoms with Crippen LogP contribution in [0.1, 0.15) is 12.8 Å². The highest BCUT2D eigenvalue weighted by atomic mass is 32.1. The highest BCUT2D eigenvalue weighted by Gasteiger charge is 2.24. The van der Waals surface area contributed by atoms with Crippen LogP contribution >= 0.6 is 11.3 Å². The Hall–Kier alpha value is -3.37. The predicted octanol–water partition coefficient (Wildman–Crippen LogP) is 2.73. The molecule has 0 radical (unpaired) electrons.